The molecule has 0 radical (unpaired) electrons. The quantitative estimate of drug-likeness (QED) is 0.467. The van der Waals surface area contributed by atoms with E-state index in [0.717, 1.165) is 48.6 Å². The summed E-state index contributed by atoms with van der Waals surface area (Å²) in [5.41, 5.74) is 9.68. The van der Waals surface area contributed by atoms with Gasteiger partial charge in [-0.15, -0.1) is 5.10 Å². The lowest BCUT2D eigenvalue weighted by atomic mass is 10.1. The van der Waals surface area contributed by atoms with Crippen molar-refractivity contribution in [1.82, 2.24) is 34.8 Å². The molecule has 3 aromatic heterocycles. The van der Waals surface area contributed by atoms with E-state index < -0.39 is 0 Å². The summed E-state index contributed by atoms with van der Waals surface area (Å²) in [6.07, 6.45) is 6.04. The molecule has 3 N–H and O–H groups in total. The number of fused-ring (bicyclic) bond motifs is 1. The van der Waals surface area contributed by atoms with Crippen LogP contribution in [0.4, 0.5) is 11.6 Å². The van der Waals surface area contributed by atoms with Crippen molar-refractivity contribution >= 4 is 23.2 Å². The zero-order valence-corrected chi connectivity index (χ0v) is 21.0. The molecule has 11 nitrogen and oxygen atoms in total. The molecule has 0 saturated carbocycles. The van der Waals surface area contributed by atoms with Crippen molar-refractivity contribution < 1.29 is 9.53 Å². The van der Waals surface area contributed by atoms with Crippen LogP contribution in [0.15, 0.2) is 18.5 Å². The fraction of sp³-hybridized carbons (Fsp3) is 0.542. The minimum atomic E-state index is 0.0431. The number of carbonyl (C=O) groups is 1. The van der Waals surface area contributed by atoms with Crippen molar-refractivity contribution in [3.8, 4) is 6.01 Å². The summed E-state index contributed by atoms with van der Waals surface area (Å²) >= 11 is 0. The first-order valence-corrected chi connectivity index (χ1v) is 12.2. The molecule has 0 bridgehead atoms. The van der Waals surface area contributed by atoms with E-state index in [1.54, 1.807) is 17.8 Å². The molecule has 0 aliphatic carbocycles. The number of nitrogens with one attached hydrogen (secondary N) is 1. The van der Waals surface area contributed by atoms with Crippen molar-refractivity contribution in [3.63, 3.8) is 0 Å². The highest BCUT2D eigenvalue weighted by Gasteiger charge is 2.22. The number of likely N-dealkylation sites (N-methyl/N-ethyl adjacent to an activating group) is 1. The molecule has 1 aliphatic rings. The van der Waals surface area contributed by atoms with Crippen molar-refractivity contribution in [1.29, 1.82) is 0 Å². The molecule has 0 atom stereocenters. The molecule has 1 amide bonds. The number of rotatable bonds is 9. The summed E-state index contributed by atoms with van der Waals surface area (Å²) in [6, 6.07) is 2.41. The average molecular weight is 482 g/mol. The van der Waals surface area contributed by atoms with Crippen LogP contribution in [0.2, 0.25) is 0 Å². The maximum absolute atomic E-state index is 12.1. The zero-order chi connectivity index (χ0) is 24.9. The average Bonchev–Trinajstić information content (AvgIpc) is 3.26. The Labute approximate surface area is 205 Å². The molecule has 1 saturated heterocycles. The lowest BCUT2D eigenvalue weighted by molar-refractivity contribution is -0.130. The third kappa shape index (κ3) is 5.45. The molecule has 1 fully saturated rings. The number of carbonyl (C=O) groups excluding carboxylic acids is 1. The van der Waals surface area contributed by atoms with Crippen LogP contribution in [-0.4, -0.2) is 81.2 Å². The third-order valence-corrected chi connectivity index (χ3v) is 6.37. The Bertz CT molecular complexity index is 1170. The molecule has 1 aliphatic heterocycles. The van der Waals surface area contributed by atoms with E-state index in [1.165, 1.54) is 0 Å². The molecule has 0 unspecified atom stereocenters. The Morgan fingerprint density at radius 3 is 2.57 bits per heavy atom. The maximum atomic E-state index is 12.1. The molecule has 11 heteroatoms. The van der Waals surface area contributed by atoms with Gasteiger partial charge in [0, 0.05) is 38.8 Å². The Morgan fingerprint density at radius 2 is 1.91 bits per heavy atom. The smallest absolute Gasteiger partial charge is 0.336 e. The number of amides is 1. The van der Waals surface area contributed by atoms with Crippen LogP contribution in [0.3, 0.4) is 0 Å². The Balaban J connectivity index is 1.48. The molecule has 3 aromatic rings. The minimum absolute atomic E-state index is 0.0431. The van der Waals surface area contributed by atoms with E-state index in [4.69, 9.17) is 15.5 Å². The predicted octanol–water partition coefficient (Wildman–Crippen LogP) is 1.44. The number of ether oxygens (including phenoxy) is 1. The molecule has 4 rings (SSSR count). The summed E-state index contributed by atoms with van der Waals surface area (Å²) in [5, 5.41) is 7.48. The van der Waals surface area contributed by atoms with Crippen LogP contribution in [0.25, 0.3) is 5.65 Å². The van der Waals surface area contributed by atoms with Gasteiger partial charge < -0.3 is 25.6 Å². The van der Waals surface area contributed by atoms with Crippen LogP contribution >= 0.6 is 0 Å². The van der Waals surface area contributed by atoms with Crippen molar-refractivity contribution in [3.05, 3.63) is 35.3 Å². The number of anilines is 2. The van der Waals surface area contributed by atoms with Gasteiger partial charge in [-0.25, -0.2) is 14.5 Å². The molecule has 0 aromatic carbocycles. The monoisotopic (exact) mass is 481 g/mol. The lowest BCUT2D eigenvalue weighted by Crippen LogP contribution is -2.51. The van der Waals surface area contributed by atoms with Gasteiger partial charge in [0.05, 0.1) is 18.4 Å². The SMILES string of the molecule is CCC(CC)Oc1nc(N)c2ncc(Cc3cnc(N4CCN(C(=O)CNC)CC4)c(C)c3)n2n1. The largest absolute Gasteiger partial charge is 0.459 e. The first-order chi connectivity index (χ1) is 16.9. The summed E-state index contributed by atoms with van der Waals surface area (Å²) in [4.78, 5) is 29.7. The van der Waals surface area contributed by atoms with E-state index in [-0.39, 0.29) is 18.0 Å². The molecule has 0 spiro atoms. The van der Waals surface area contributed by atoms with E-state index in [9.17, 15) is 4.79 Å². The number of aromatic nitrogens is 5. The standard InChI is InChI=1S/C24H35N9O2/c1-5-19(6-2)35-24-29-21(25)23-28-14-18(33(23)30-24)12-17-11-16(3)22(27-13-17)32-9-7-31(8-10-32)20(34)15-26-4/h11,13-14,19,26H,5-10,12,15H2,1-4H3,(H2,25,29,30). The molecular formula is C24H35N9O2. The number of aryl methyl sites for hydroxylation is 1. The lowest BCUT2D eigenvalue weighted by Gasteiger charge is -2.36. The van der Waals surface area contributed by atoms with Gasteiger partial charge in [0.1, 0.15) is 11.9 Å². The number of hydrogen-bond donors (Lipinski definition) is 2. The van der Waals surface area contributed by atoms with Gasteiger partial charge in [0.15, 0.2) is 11.5 Å². The molecule has 35 heavy (non-hydrogen) atoms. The van der Waals surface area contributed by atoms with Crippen LogP contribution in [-0.2, 0) is 11.2 Å². The fourth-order valence-corrected chi connectivity index (χ4v) is 4.40. The number of pyridine rings is 1. The highest BCUT2D eigenvalue weighted by molar-refractivity contribution is 5.78. The highest BCUT2D eigenvalue weighted by Crippen LogP contribution is 2.22. The predicted molar refractivity (Wildman–Crippen MR) is 135 cm³/mol. The van der Waals surface area contributed by atoms with Gasteiger partial charge in [-0.1, -0.05) is 19.9 Å². The van der Waals surface area contributed by atoms with E-state index >= 15 is 0 Å². The van der Waals surface area contributed by atoms with E-state index in [1.807, 2.05) is 11.1 Å². The van der Waals surface area contributed by atoms with E-state index in [2.05, 4.69) is 52.1 Å². The van der Waals surface area contributed by atoms with E-state index in [0.29, 0.717) is 37.5 Å². The van der Waals surface area contributed by atoms with Crippen molar-refractivity contribution in [2.75, 3.05) is 50.4 Å². The first-order valence-electron chi connectivity index (χ1n) is 12.2. The number of piperazine rings is 1. The molecule has 188 valence electrons. The van der Waals surface area contributed by atoms with Gasteiger partial charge in [-0.05, 0) is 37.9 Å². The van der Waals surface area contributed by atoms with Gasteiger partial charge in [0.25, 0.3) is 0 Å². The second-order valence-corrected chi connectivity index (χ2v) is 8.88. The van der Waals surface area contributed by atoms with Gasteiger partial charge in [-0.2, -0.15) is 4.98 Å². The minimum Gasteiger partial charge on any atom is -0.459 e. The van der Waals surface area contributed by atoms with Crippen LogP contribution in [0.5, 0.6) is 6.01 Å². The Kier molecular flexibility index (Phi) is 7.64. The van der Waals surface area contributed by atoms with Crippen LogP contribution < -0.4 is 20.7 Å². The van der Waals surface area contributed by atoms with Gasteiger partial charge in [0.2, 0.25) is 5.91 Å². The summed E-state index contributed by atoms with van der Waals surface area (Å²) in [5.74, 6) is 1.39. The van der Waals surface area contributed by atoms with Crippen molar-refractivity contribution in [2.45, 2.75) is 46.1 Å². The maximum Gasteiger partial charge on any atom is 0.336 e. The number of imidazole rings is 1. The van der Waals surface area contributed by atoms with Crippen LogP contribution in [0, 0.1) is 6.92 Å². The molecule has 4 heterocycles. The number of nitrogen functional groups attached to an aromatic ring is 1. The van der Waals surface area contributed by atoms with Gasteiger partial charge >= 0.3 is 6.01 Å². The summed E-state index contributed by atoms with van der Waals surface area (Å²) in [6.45, 7) is 9.53. The third-order valence-electron chi connectivity index (χ3n) is 6.37. The summed E-state index contributed by atoms with van der Waals surface area (Å²) < 4.78 is 7.63. The number of hydrogen-bond acceptors (Lipinski definition) is 9. The number of nitrogens with zero attached hydrogens (tertiary/aromatic N) is 7. The second-order valence-electron chi connectivity index (χ2n) is 8.88. The normalized spacial score (nSPS) is 14.2. The first kappa shape index (κ1) is 24.6. The highest BCUT2D eigenvalue weighted by atomic mass is 16.5. The zero-order valence-electron chi connectivity index (χ0n) is 21.0. The van der Waals surface area contributed by atoms with Gasteiger partial charge in [-0.3, -0.25) is 4.79 Å². The van der Waals surface area contributed by atoms with Crippen LogP contribution in [0.1, 0.15) is 43.5 Å². The molecular weight excluding hydrogens is 446 g/mol. The van der Waals surface area contributed by atoms with Crippen molar-refractivity contribution in [2.24, 2.45) is 0 Å². The topological polar surface area (TPSA) is 127 Å². The Morgan fingerprint density at radius 1 is 1.17 bits per heavy atom. The second kappa shape index (κ2) is 10.9. The summed E-state index contributed by atoms with van der Waals surface area (Å²) in [7, 11) is 1.79. The Hall–Kier alpha value is -3.47. The fourth-order valence-electron chi connectivity index (χ4n) is 4.40. The number of nitrogens with two attached hydrogens (primary N) is 1.